The maximum absolute atomic E-state index is 11.5. The Bertz CT molecular complexity index is 500. The smallest absolute Gasteiger partial charge is 0.466 e. The predicted molar refractivity (Wildman–Crippen MR) is 63.2 cm³/mol. The molecule has 0 radical (unpaired) electrons. The number of hydrogen-bond donors (Lipinski definition) is 1. The maximum Gasteiger partial charge on any atom is 0.466 e. The molecule has 2 aromatic rings. The van der Waals surface area contributed by atoms with Crippen LogP contribution in [0.4, 0.5) is 4.79 Å². The molecule has 0 bridgehead atoms. The summed E-state index contributed by atoms with van der Waals surface area (Å²) in [5, 5.41) is 0. The van der Waals surface area contributed by atoms with E-state index in [4.69, 9.17) is 4.74 Å². The Labute approximate surface area is 112 Å². The third-order valence-electron chi connectivity index (χ3n) is 2.17. The van der Waals surface area contributed by atoms with Crippen molar-refractivity contribution in [3.05, 3.63) is 60.4 Å². The molecule has 0 unspecified atom stereocenters. The van der Waals surface area contributed by atoms with Gasteiger partial charge < -0.3 is 17.1 Å². The summed E-state index contributed by atoms with van der Waals surface area (Å²) in [6, 6.07) is 12.8. The van der Waals surface area contributed by atoms with Crippen molar-refractivity contribution in [3.63, 3.8) is 0 Å². The zero-order valence-corrected chi connectivity index (χ0v) is 10.6. The third-order valence-corrected chi connectivity index (χ3v) is 2.17. The lowest BCUT2D eigenvalue weighted by Crippen LogP contribution is -3.00. The highest BCUT2D eigenvalue weighted by atomic mass is 35.5. The van der Waals surface area contributed by atoms with Gasteiger partial charge in [-0.15, -0.1) is 0 Å². The third kappa shape index (κ3) is 4.07. The summed E-state index contributed by atoms with van der Waals surface area (Å²) < 4.78 is 6.63. The molecule has 0 atom stereocenters. The van der Waals surface area contributed by atoms with Gasteiger partial charge in [-0.1, -0.05) is 33.9 Å². The van der Waals surface area contributed by atoms with Crippen LogP contribution in [-0.4, -0.2) is 6.09 Å². The molecule has 0 saturated carbocycles. The zero-order chi connectivity index (χ0) is 12.1. The first kappa shape index (κ1) is 14.0. The van der Waals surface area contributed by atoms with Crippen molar-refractivity contribution in [2.45, 2.75) is 6.92 Å². The topological polar surface area (TPSA) is 42.2 Å². The van der Waals surface area contributed by atoms with Crippen LogP contribution in [0.15, 0.2) is 54.9 Å². The maximum atomic E-state index is 11.5. The molecule has 1 N–H and O–H groups in total. The van der Waals surface area contributed by atoms with Crippen molar-refractivity contribution in [1.82, 2.24) is 0 Å². The van der Waals surface area contributed by atoms with E-state index in [-0.39, 0.29) is 12.4 Å². The fourth-order valence-electron chi connectivity index (χ4n) is 1.31. The molecular formula is C13H13ClN2O2. The highest BCUT2D eigenvalue weighted by Crippen LogP contribution is 2.11. The lowest BCUT2D eigenvalue weighted by Gasteiger charge is -2.02. The van der Waals surface area contributed by atoms with Gasteiger partial charge in [0.15, 0.2) is 12.4 Å². The molecule has 0 fully saturated rings. The van der Waals surface area contributed by atoms with E-state index in [2.05, 4.69) is 5.43 Å². The fraction of sp³-hybridized carbons (Fsp3) is 0.0769. The number of hydrogen-bond acceptors (Lipinski definition) is 2. The summed E-state index contributed by atoms with van der Waals surface area (Å²) in [7, 11) is 0. The Morgan fingerprint density at radius 1 is 1.11 bits per heavy atom. The van der Waals surface area contributed by atoms with E-state index in [0.717, 1.165) is 5.56 Å². The normalized spacial score (nSPS) is 9.17. The van der Waals surface area contributed by atoms with E-state index in [1.807, 2.05) is 37.3 Å². The number of benzene rings is 1. The second-order valence-electron chi connectivity index (χ2n) is 3.60. The van der Waals surface area contributed by atoms with E-state index in [1.165, 1.54) is 4.68 Å². The van der Waals surface area contributed by atoms with Gasteiger partial charge in [0.1, 0.15) is 5.75 Å². The Morgan fingerprint density at radius 2 is 1.72 bits per heavy atom. The van der Waals surface area contributed by atoms with Gasteiger partial charge in [0, 0.05) is 12.1 Å². The summed E-state index contributed by atoms with van der Waals surface area (Å²) in [4.78, 5) is 11.5. The molecule has 1 heterocycles. The first-order valence-corrected chi connectivity index (χ1v) is 5.26. The average Bonchev–Trinajstić information content (AvgIpc) is 2.33. The monoisotopic (exact) mass is 264 g/mol. The molecule has 0 aliphatic heterocycles. The van der Waals surface area contributed by atoms with Crippen molar-refractivity contribution in [1.29, 1.82) is 0 Å². The van der Waals surface area contributed by atoms with Crippen LogP contribution >= 0.6 is 0 Å². The average molecular weight is 265 g/mol. The van der Waals surface area contributed by atoms with Crippen LogP contribution in [0.1, 0.15) is 5.56 Å². The van der Waals surface area contributed by atoms with Gasteiger partial charge in [-0.3, -0.25) is 0 Å². The lowest BCUT2D eigenvalue weighted by molar-refractivity contribution is -0.642. The second-order valence-corrected chi connectivity index (χ2v) is 3.60. The second kappa shape index (κ2) is 6.61. The molecule has 1 aromatic carbocycles. The molecule has 5 heteroatoms. The number of rotatable bonds is 2. The number of pyridine rings is 1. The molecule has 18 heavy (non-hydrogen) atoms. The van der Waals surface area contributed by atoms with Crippen molar-refractivity contribution in [2.24, 2.45) is 0 Å². The minimum absolute atomic E-state index is 0. The van der Waals surface area contributed by atoms with Crippen LogP contribution in [0.3, 0.4) is 0 Å². The highest BCUT2D eigenvalue weighted by molar-refractivity contribution is 5.76. The van der Waals surface area contributed by atoms with E-state index < -0.39 is 6.09 Å². The van der Waals surface area contributed by atoms with Gasteiger partial charge in [0.2, 0.25) is 0 Å². The number of nitrogens with one attached hydrogen (secondary N) is 1. The number of halogens is 1. The van der Waals surface area contributed by atoms with Gasteiger partial charge in [0.05, 0.1) is 0 Å². The van der Waals surface area contributed by atoms with Crippen molar-refractivity contribution in [2.75, 3.05) is 5.43 Å². The van der Waals surface area contributed by atoms with E-state index >= 15 is 0 Å². The first-order chi connectivity index (χ1) is 8.24. The Hall–Kier alpha value is -2.07. The van der Waals surface area contributed by atoms with Crippen LogP contribution in [0.2, 0.25) is 0 Å². The number of carbonyl (C=O) groups is 1. The molecule has 0 aliphatic rings. The summed E-state index contributed by atoms with van der Waals surface area (Å²) in [6.45, 7) is 1.98. The zero-order valence-electron chi connectivity index (χ0n) is 9.84. The predicted octanol–water partition coefficient (Wildman–Crippen LogP) is -0.971. The van der Waals surface area contributed by atoms with Crippen LogP contribution in [0.5, 0.6) is 5.75 Å². The first-order valence-electron chi connectivity index (χ1n) is 5.26. The summed E-state index contributed by atoms with van der Waals surface area (Å²) in [6.07, 6.45) is 2.91. The minimum atomic E-state index is -0.523. The molecule has 94 valence electrons. The lowest BCUT2D eigenvalue weighted by atomic mass is 10.2. The number of amides is 1. The van der Waals surface area contributed by atoms with Crippen LogP contribution < -0.4 is 27.2 Å². The fourth-order valence-corrected chi connectivity index (χ4v) is 1.31. The number of aromatic nitrogens is 1. The SMILES string of the molecule is Cc1ccc(OC(=O)N[n+]2ccccc2)cc1.[Cl-]. The van der Waals surface area contributed by atoms with Crippen molar-refractivity contribution >= 4 is 6.09 Å². The van der Waals surface area contributed by atoms with Crippen molar-refractivity contribution < 1.29 is 26.6 Å². The Kier molecular flexibility index (Phi) is 5.14. The summed E-state index contributed by atoms with van der Waals surface area (Å²) >= 11 is 0. The van der Waals surface area contributed by atoms with E-state index in [1.54, 1.807) is 24.5 Å². The Morgan fingerprint density at radius 3 is 2.33 bits per heavy atom. The van der Waals surface area contributed by atoms with Crippen LogP contribution in [-0.2, 0) is 0 Å². The Balaban J connectivity index is 0.00000162. The minimum Gasteiger partial charge on any atom is -1.00 e. The summed E-state index contributed by atoms with van der Waals surface area (Å²) in [5.41, 5.74) is 3.68. The van der Waals surface area contributed by atoms with Crippen LogP contribution in [0.25, 0.3) is 0 Å². The number of carbonyl (C=O) groups excluding carboxylic acids is 1. The van der Waals surface area contributed by atoms with E-state index in [0.29, 0.717) is 5.75 Å². The van der Waals surface area contributed by atoms with Gasteiger partial charge in [-0.2, -0.15) is 0 Å². The molecule has 0 spiro atoms. The van der Waals surface area contributed by atoms with Gasteiger partial charge in [0.25, 0.3) is 0 Å². The van der Waals surface area contributed by atoms with Gasteiger partial charge >= 0.3 is 6.09 Å². The quantitative estimate of drug-likeness (QED) is 0.710. The molecule has 4 nitrogen and oxygen atoms in total. The van der Waals surface area contributed by atoms with Gasteiger partial charge in [-0.25, -0.2) is 4.79 Å². The summed E-state index contributed by atoms with van der Waals surface area (Å²) in [5.74, 6) is 0.518. The van der Waals surface area contributed by atoms with Crippen LogP contribution in [0, 0.1) is 6.92 Å². The molecule has 2 rings (SSSR count). The molecular weight excluding hydrogens is 252 g/mol. The van der Waals surface area contributed by atoms with Crippen molar-refractivity contribution in [3.8, 4) is 5.75 Å². The molecule has 1 amide bonds. The standard InChI is InChI=1S/C13H12N2O2.ClH/c1-11-5-7-12(8-6-11)17-13(16)14-15-9-3-2-4-10-15;/h2-10H,1H3;1H. The largest absolute Gasteiger partial charge is 1.00 e. The van der Waals surface area contributed by atoms with E-state index in [9.17, 15) is 4.79 Å². The number of ether oxygens (including phenoxy) is 1. The van der Waals surface area contributed by atoms with Gasteiger partial charge in [-0.05, 0) is 19.1 Å². The molecule has 1 aromatic heterocycles. The molecule has 0 aliphatic carbocycles. The number of nitrogens with zero attached hydrogens (tertiary/aromatic N) is 1. The highest BCUT2D eigenvalue weighted by Gasteiger charge is 2.08. The molecule has 0 saturated heterocycles. The number of aryl methyl sites for hydroxylation is 1.